The summed E-state index contributed by atoms with van der Waals surface area (Å²) >= 11 is 0. The Labute approximate surface area is 133 Å². The van der Waals surface area contributed by atoms with Crippen molar-refractivity contribution in [3.63, 3.8) is 0 Å². The van der Waals surface area contributed by atoms with Gasteiger partial charge in [0.25, 0.3) is 0 Å². The van der Waals surface area contributed by atoms with Crippen molar-refractivity contribution >= 4 is 5.91 Å². The molecule has 122 valence electrons. The molecule has 0 heterocycles. The van der Waals surface area contributed by atoms with E-state index in [9.17, 15) is 4.79 Å². The van der Waals surface area contributed by atoms with Crippen molar-refractivity contribution in [2.24, 2.45) is 5.92 Å². The summed E-state index contributed by atoms with van der Waals surface area (Å²) in [5, 5.41) is 3.01. The molecule has 0 spiro atoms. The Balaban J connectivity index is 1.93. The molecule has 1 aromatic rings. The summed E-state index contributed by atoms with van der Waals surface area (Å²) in [5.41, 5.74) is 1.26. The van der Waals surface area contributed by atoms with E-state index < -0.39 is 0 Å². The molecule has 1 aromatic carbocycles. The van der Waals surface area contributed by atoms with Crippen molar-refractivity contribution in [3.05, 3.63) is 35.9 Å². The summed E-state index contributed by atoms with van der Waals surface area (Å²) in [6, 6.07) is 10.9. The lowest BCUT2D eigenvalue weighted by Gasteiger charge is -2.29. The third-order valence-corrected chi connectivity index (χ3v) is 4.28. The number of hydrogen-bond acceptors (Lipinski definition) is 3. The normalized spacial score (nSPS) is 17.3. The second-order valence-electron chi connectivity index (χ2n) is 6.39. The standard InChI is InChI=1S/C18H28N2O2/c1-14(13-22-3)19-18(21)12-20(15(2)17-9-10-17)11-16-7-5-4-6-8-16/h4-8,14-15,17H,9-13H2,1-3H3,(H,19,21). The molecule has 1 amide bonds. The molecular formula is C18H28N2O2. The first-order chi connectivity index (χ1) is 10.6. The van der Waals surface area contributed by atoms with Crippen molar-refractivity contribution in [3.8, 4) is 0 Å². The number of carbonyl (C=O) groups excluding carboxylic acids is 1. The summed E-state index contributed by atoms with van der Waals surface area (Å²) in [6.07, 6.45) is 2.57. The molecule has 2 rings (SSSR count). The fourth-order valence-electron chi connectivity index (χ4n) is 2.84. The number of ether oxygens (including phenoxy) is 1. The van der Waals surface area contributed by atoms with E-state index in [0.717, 1.165) is 12.5 Å². The second kappa shape index (κ2) is 8.30. The third-order valence-electron chi connectivity index (χ3n) is 4.28. The second-order valence-corrected chi connectivity index (χ2v) is 6.39. The van der Waals surface area contributed by atoms with Gasteiger partial charge in [-0.3, -0.25) is 9.69 Å². The minimum Gasteiger partial charge on any atom is -0.383 e. The predicted molar refractivity (Wildman–Crippen MR) is 88.5 cm³/mol. The quantitative estimate of drug-likeness (QED) is 0.762. The predicted octanol–water partition coefficient (Wildman–Crippen LogP) is 2.44. The van der Waals surface area contributed by atoms with Crippen LogP contribution in [0.25, 0.3) is 0 Å². The van der Waals surface area contributed by atoms with Gasteiger partial charge in [-0.15, -0.1) is 0 Å². The van der Waals surface area contributed by atoms with E-state index in [-0.39, 0.29) is 11.9 Å². The first-order valence-corrected chi connectivity index (χ1v) is 8.16. The molecule has 0 aromatic heterocycles. The molecule has 4 nitrogen and oxygen atoms in total. The van der Waals surface area contributed by atoms with Gasteiger partial charge in [-0.2, -0.15) is 0 Å². The molecule has 1 saturated carbocycles. The molecule has 1 fully saturated rings. The molecule has 1 N–H and O–H groups in total. The number of methoxy groups -OCH3 is 1. The fraction of sp³-hybridized carbons (Fsp3) is 0.611. The number of rotatable bonds is 9. The van der Waals surface area contributed by atoms with Gasteiger partial charge in [0.05, 0.1) is 13.2 Å². The van der Waals surface area contributed by atoms with Gasteiger partial charge in [-0.1, -0.05) is 30.3 Å². The zero-order valence-corrected chi connectivity index (χ0v) is 13.9. The van der Waals surface area contributed by atoms with Crippen LogP contribution in [0.5, 0.6) is 0 Å². The lowest BCUT2D eigenvalue weighted by molar-refractivity contribution is -0.124. The molecular weight excluding hydrogens is 276 g/mol. The zero-order chi connectivity index (χ0) is 15.9. The smallest absolute Gasteiger partial charge is 0.234 e. The number of nitrogens with one attached hydrogen (secondary N) is 1. The molecule has 0 bridgehead atoms. The first-order valence-electron chi connectivity index (χ1n) is 8.16. The lowest BCUT2D eigenvalue weighted by atomic mass is 10.1. The molecule has 0 aliphatic heterocycles. The molecule has 2 atom stereocenters. The van der Waals surface area contributed by atoms with Gasteiger partial charge < -0.3 is 10.1 Å². The zero-order valence-electron chi connectivity index (χ0n) is 13.9. The molecule has 2 unspecified atom stereocenters. The van der Waals surface area contributed by atoms with Crippen LogP contribution in [0.15, 0.2) is 30.3 Å². The van der Waals surface area contributed by atoms with E-state index in [1.165, 1.54) is 18.4 Å². The highest BCUT2D eigenvalue weighted by Crippen LogP contribution is 2.35. The highest BCUT2D eigenvalue weighted by Gasteiger charge is 2.32. The van der Waals surface area contributed by atoms with E-state index in [1.54, 1.807) is 7.11 Å². The van der Waals surface area contributed by atoms with E-state index in [2.05, 4.69) is 41.4 Å². The van der Waals surface area contributed by atoms with Gasteiger partial charge in [0.1, 0.15) is 0 Å². The highest BCUT2D eigenvalue weighted by molar-refractivity contribution is 5.78. The van der Waals surface area contributed by atoms with Crippen LogP contribution in [-0.2, 0) is 16.1 Å². The minimum atomic E-state index is 0.0484. The Morgan fingerprint density at radius 1 is 1.32 bits per heavy atom. The van der Waals surface area contributed by atoms with Gasteiger partial charge in [0.2, 0.25) is 5.91 Å². The van der Waals surface area contributed by atoms with Gasteiger partial charge in [-0.05, 0) is 38.2 Å². The van der Waals surface area contributed by atoms with E-state index in [4.69, 9.17) is 4.74 Å². The first kappa shape index (κ1) is 17.0. The third kappa shape index (κ3) is 5.43. The largest absolute Gasteiger partial charge is 0.383 e. The van der Waals surface area contributed by atoms with Crippen molar-refractivity contribution in [2.75, 3.05) is 20.3 Å². The van der Waals surface area contributed by atoms with Crippen molar-refractivity contribution in [1.29, 1.82) is 0 Å². The Kier molecular flexibility index (Phi) is 6.40. The number of benzene rings is 1. The highest BCUT2D eigenvalue weighted by atomic mass is 16.5. The van der Waals surface area contributed by atoms with Crippen molar-refractivity contribution in [1.82, 2.24) is 10.2 Å². The Morgan fingerprint density at radius 3 is 2.59 bits per heavy atom. The Morgan fingerprint density at radius 2 is 2.00 bits per heavy atom. The fourth-order valence-corrected chi connectivity index (χ4v) is 2.84. The van der Waals surface area contributed by atoms with Crippen LogP contribution >= 0.6 is 0 Å². The van der Waals surface area contributed by atoms with Gasteiger partial charge in [-0.25, -0.2) is 0 Å². The van der Waals surface area contributed by atoms with E-state index >= 15 is 0 Å². The monoisotopic (exact) mass is 304 g/mol. The number of nitrogens with zero attached hydrogens (tertiary/aromatic N) is 1. The van der Waals surface area contributed by atoms with E-state index in [0.29, 0.717) is 19.2 Å². The summed E-state index contributed by atoms with van der Waals surface area (Å²) in [7, 11) is 1.65. The molecule has 4 heteroatoms. The van der Waals surface area contributed by atoms with Gasteiger partial charge in [0, 0.05) is 25.7 Å². The molecule has 0 radical (unpaired) electrons. The van der Waals surface area contributed by atoms with Crippen LogP contribution in [0.1, 0.15) is 32.3 Å². The maximum atomic E-state index is 12.3. The topological polar surface area (TPSA) is 41.6 Å². The van der Waals surface area contributed by atoms with Gasteiger partial charge >= 0.3 is 0 Å². The maximum Gasteiger partial charge on any atom is 0.234 e. The summed E-state index contributed by atoms with van der Waals surface area (Å²) in [4.78, 5) is 14.6. The average molecular weight is 304 g/mol. The molecule has 1 aliphatic carbocycles. The van der Waals surface area contributed by atoms with Crippen LogP contribution in [0.2, 0.25) is 0 Å². The molecule has 1 aliphatic rings. The summed E-state index contributed by atoms with van der Waals surface area (Å²) in [6.45, 7) is 6.02. The Hall–Kier alpha value is -1.39. The average Bonchev–Trinajstić information content (AvgIpc) is 3.31. The van der Waals surface area contributed by atoms with Crippen LogP contribution < -0.4 is 5.32 Å². The number of carbonyl (C=O) groups is 1. The Bertz CT molecular complexity index is 459. The number of amides is 1. The molecule has 22 heavy (non-hydrogen) atoms. The van der Waals surface area contributed by atoms with Gasteiger partial charge in [0.15, 0.2) is 0 Å². The summed E-state index contributed by atoms with van der Waals surface area (Å²) < 4.78 is 5.07. The van der Waals surface area contributed by atoms with Crippen LogP contribution in [0.4, 0.5) is 0 Å². The van der Waals surface area contributed by atoms with Crippen LogP contribution in [0.3, 0.4) is 0 Å². The SMILES string of the molecule is COCC(C)NC(=O)CN(Cc1ccccc1)C(C)C1CC1. The van der Waals surface area contributed by atoms with Crippen molar-refractivity contribution in [2.45, 2.75) is 45.3 Å². The van der Waals surface area contributed by atoms with Crippen LogP contribution in [0, 0.1) is 5.92 Å². The summed E-state index contributed by atoms with van der Waals surface area (Å²) in [5.74, 6) is 0.820. The molecule has 0 saturated heterocycles. The van der Waals surface area contributed by atoms with Crippen molar-refractivity contribution < 1.29 is 9.53 Å². The minimum absolute atomic E-state index is 0.0484. The van der Waals surface area contributed by atoms with E-state index in [1.807, 2.05) is 13.0 Å². The maximum absolute atomic E-state index is 12.3. The number of hydrogen-bond donors (Lipinski definition) is 1. The van der Waals surface area contributed by atoms with Crippen LogP contribution in [-0.4, -0.2) is 43.2 Å². The lowest BCUT2D eigenvalue weighted by Crippen LogP contribution is -2.45.